The number of nitrogens with zero attached hydrogens (tertiary/aromatic N) is 3. The van der Waals surface area contributed by atoms with E-state index < -0.39 is 0 Å². The van der Waals surface area contributed by atoms with Crippen LogP contribution in [0.25, 0.3) is 11.3 Å². The highest BCUT2D eigenvalue weighted by atomic mass is 16.5. The molecule has 0 aliphatic heterocycles. The van der Waals surface area contributed by atoms with Crippen LogP contribution in [0.4, 0.5) is 17.2 Å². The Morgan fingerprint density at radius 3 is 2.41 bits per heavy atom. The first-order chi connectivity index (χ1) is 10.8. The van der Waals surface area contributed by atoms with Gasteiger partial charge in [-0.15, -0.1) is 5.11 Å². The van der Waals surface area contributed by atoms with Crippen molar-refractivity contribution < 1.29 is 9.26 Å². The van der Waals surface area contributed by atoms with E-state index in [-0.39, 0.29) is 5.82 Å². The van der Waals surface area contributed by atoms with Crippen molar-refractivity contribution in [1.29, 1.82) is 0 Å². The maximum atomic E-state index is 5.81. The standard InChI is InChI=1S/C16H14N4O2/c1-21-13-9-7-12(8-10-13)18-19-14-15(22-20-16(14)17)11-5-3-2-4-6-11/h2-10H,1H3,(H2,17,20). The van der Waals surface area contributed by atoms with Crippen molar-refractivity contribution in [2.45, 2.75) is 0 Å². The quantitative estimate of drug-likeness (QED) is 0.725. The molecule has 0 aliphatic carbocycles. The fourth-order valence-corrected chi connectivity index (χ4v) is 1.93. The summed E-state index contributed by atoms with van der Waals surface area (Å²) in [7, 11) is 1.61. The van der Waals surface area contributed by atoms with Crippen molar-refractivity contribution in [3.63, 3.8) is 0 Å². The Balaban J connectivity index is 1.91. The highest BCUT2D eigenvalue weighted by Gasteiger charge is 2.15. The Hall–Kier alpha value is -3.15. The minimum absolute atomic E-state index is 0.205. The molecule has 2 N–H and O–H groups in total. The van der Waals surface area contributed by atoms with Crippen LogP contribution >= 0.6 is 0 Å². The average molecular weight is 294 g/mol. The van der Waals surface area contributed by atoms with Gasteiger partial charge in [0.2, 0.25) is 0 Å². The van der Waals surface area contributed by atoms with Gasteiger partial charge in [-0.3, -0.25) is 0 Å². The van der Waals surface area contributed by atoms with E-state index in [9.17, 15) is 0 Å². The van der Waals surface area contributed by atoms with Crippen LogP contribution in [0.1, 0.15) is 0 Å². The van der Waals surface area contributed by atoms with Gasteiger partial charge in [0, 0.05) is 5.56 Å². The topological polar surface area (TPSA) is 86.0 Å². The zero-order valence-electron chi connectivity index (χ0n) is 11.9. The minimum Gasteiger partial charge on any atom is -0.497 e. The van der Waals surface area contributed by atoms with Gasteiger partial charge >= 0.3 is 0 Å². The van der Waals surface area contributed by atoms with Crippen LogP contribution in [0.2, 0.25) is 0 Å². The van der Waals surface area contributed by atoms with E-state index >= 15 is 0 Å². The van der Waals surface area contributed by atoms with Gasteiger partial charge in [-0.2, -0.15) is 5.11 Å². The molecule has 0 spiro atoms. The van der Waals surface area contributed by atoms with Crippen molar-refractivity contribution in [3.8, 4) is 17.1 Å². The number of azo groups is 1. The van der Waals surface area contributed by atoms with Gasteiger partial charge in [0.25, 0.3) is 0 Å². The Labute approximate surface area is 127 Å². The largest absolute Gasteiger partial charge is 0.497 e. The number of ether oxygens (including phenoxy) is 1. The molecule has 1 heterocycles. The van der Waals surface area contributed by atoms with Crippen LogP contribution < -0.4 is 10.5 Å². The Morgan fingerprint density at radius 1 is 1.00 bits per heavy atom. The normalized spacial score (nSPS) is 11.0. The molecule has 3 rings (SSSR count). The zero-order valence-corrected chi connectivity index (χ0v) is 11.9. The van der Waals surface area contributed by atoms with Crippen LogP contribution in [-0.2, 0) is 0 Å². The smallest absolute Gasteiger partial charge is 0.196 e. The molecule has 2 aromatic carbocycles. The molecule has 6 heteroatoms. The lowest BCUT2D eigenvalue weighted by molar-refractivity contribution is 0.415. The molecule has 0 unspecified atom stereocenters. The zero-order chi connectivity index (χ0) is 15.4. The van der Waals surface area contributed by atoms with E-state index in [1.54, 1.807) is 19.2 Å². The number of hydrogen-bond acceptors (Lipinski definition) is 6. The van der Waals surface area contributed by atoms with Gasteiger partial charge < -0.3 is 15.0 Å². The second-order valence-corrected chi connectivity index (χ2v) is 4.51. The van der Waals surface area contributed by atoms with Crippen molar-refractivity contribution in [2.24, 2.45) is 10.2 Å². The first-order valence-corrected chi connectivity index (χ1v) is 6.64. The molecule has 0 radical (unpaired) electrons. The second kappa shape index (κ2) is 6.09. The molecule has 0 saturated heterocycles. The molecule has 110 valence electrons. The Bertz CT molecular complexity index is 780. The molecular formula is C16H14N4O2. The van der Waals surface area contributed by atoms with Gasteiger partial charge in [0.1, 0.15) is 5.75 Å². The van der Waals surface area contributed by atoms with Crippen molar-refractivity contribution >= 4 is 17.2 Å². The summed E-state index contributed by atoms with van der Waals surface area (Å²) < 4.78 is 10.4. The maximum absolute atomic E-state index is 5.81. The molecule has 0 saturated carbocycles. The summed E-state index contributed by atoms with van der Waals surface area (Å²) >= 11 is 0. The molecule has 0 amide bonds. The van der Waals surface area contributed by atoms with E-state index in [4.69, 9.17) is 15.0 Å². The van der Waals surface area contributed by atoms with Gasteiger partial charge in [-0.05, 0) is 24.3 Å². The Kier molecular flexibility index (Phi) is 3.82. The molecule has 0 atom stereocenters. The predicted molar refractivity (Wildman–Crippen MR) is 83.5 cm³/mol. The summed E-state index contributed by atoms with van der Waals surface area (Å²) in [6.07, 6.45) is 0. The highest BCUT2D eigenvalue weighted by molar-refractivity contribution is 5.77. The number of nitrogens with two attached hydrogens (primary N) is 1. The number of hydrogen-bond donors (Lipinski definition) is 1. The number of anilines is 1. The predicted octanol–water partition coefficient (Wildman–Crippen LogP) is 4.35. The summed E-state index contributed by atoms with van der Waals surface area (Å²) in [4.78, 5) is 0. The third kappa shape index (κ3) is 2.80. The summed E-state index contributed by atoms with van der Waals surface area (Å²) in [6, 6.07) is 16.7. The first-order valence-electron chi connectivity index (χ1n) is 6.64. The summed E-state index contributed by atoms with van der Waals surface area (Å²) in [5.41, 5.74) is 7.75. The van der Waals surface area contributed by atoms with Crippen LogP contribution in [0.5, 0.6) is 5.75 Å². The van der Waals surface area contributed by atoms with Crippen molar-refractivity contribution in [3.05, 3.63) is 54.6 Å². The number of nitrogen functional groups attached to an aromatic ring is 1. The molecule has 22 heavy (non-hydrogen) atoms. The average Bonchev–Trinajstić information content (AvgIpc) is 2.95. The van der Waals surface area contributed by atoms with E-state index in [1.165, 1.54) is 0 Å². The molecule has 0 bridgehead atoms. The van der Waals surface area contributed by atoms with Gasteiger partial charge in [0.05, 0.1) is 12.8 Å². The molecule has 1 aromatic heterocycles. The monoisotopic (exact) mass is 294 g/mol. The lowest BCUT2D eigenvalue weighted by Crippen LogP contribution is -1.83. The molecule has 6 nitrogen and oxygen atoms in total. The van der Waals surface area contributed by atoms with Crippen LogP contribution in [-0.4, -0.2) is 12.3 Å². The second-order valence-electron chi connectivity index (χ2n) is 4.51. The minimum atomic E-state index is 0.205. The van der Waals surface area contributed by atoms with E-state index in [0.717, 1.165) is 11.3 Å². The van der Waals surface area contributed by atoms with E-state index in [1.807, 2.05) is 42.5 Å². The summed E-state index contributed by atoms with van der Waals surface area (Å²) in [5.74, 6) is 1.46. The lowest BCUT2D eigenvalue weighted by atomic mass is 10.1. The molecular weight excluding hydrogens is 280 g/mol. The molecule has 3 aromatic rings. The van der Waals surface area contributed by atoms with Crippen molar-refractivity contribution in [1.82, 2.24) is 5.16 Å². The third-order valence-corrected chi connectivity index (χ3v) is 3.07. The maximum Gasteiger partial charge on any atom is 0.196 e. The van der Waals surface area contributed by atoms with Crippen LogP contribution in [0, 0.1) is 0 Å². The summed E-state index contributed by atoms with van der Waals surface area (Å²) in [5, 5.41) is 12.1. The van der Waals surface area contributed by atoms with E-state index in [0.29, 0.717) is 17.1 Å². The SMILES string of the molecule is COc1ccc(N=Nc2c(N)noc2-c2ccccc2)cc1. The van der Waals surface area contributed by atoms with Crippen LogP contribution in [0.3, 0.4) is 0 Å². The third-order valence-electron chi connectivity index (χ3n) is 3.07. The highest BCUT2D eigenvalue weighted by Crippen LogP contribution is 2.36. The van der Waals surface area contributed by atoms with Gasteiger partial charge in [-0.1, -0.05) is 35.5 Å². The van der Waals surface area contributed by atoms with E-state index in [2.05, 4.69) is 15.4 Å². The molecule has 0 aliphatic rings. The fraction of sp³-hybridized carbons (Fsp3) is 0.0625. The summed E-state index contributed by atoms with van der Waals surface area (Å²) in [6.45, 7) is 0. The van der Waals surface area contributed by atoms with Gasteiger partial charge in [-0.25, -0.2) is 0 Å². The number of benzene rings is 2. The Morgan fingerprint density at radius 2 is 1.73 bits per heavy atom. The van der Waals surface area contributed by atoms with Crippen LogP contribution in [0.15, 0.2) is 69.3 Å². The van der Waals surface area contributed by atoms with Crippen molar-refractivity contribution in [2.75, 3.05) is 12.8 Å². The van der Waals surface area contributed by atoms with Gasteiger partial charge in [0.15, 0.2) is 17.3 Å². The fourth-order valence-electron chi connectivity index (χ4n) is 1.93. The lowest BCUT2D eigenvalue weighted by Gasteiger charge is -1.99. The number of aromatic nitrogens is 1. The number of rotatable bonds is 4. The molecule has 0 fully saturated rings. The number of methoxy groups -OCH3 is 1. The first kappa shape index (κ1) is 13.8.